The largest absolute Gasteiger partial charge is 0.462 e. The summed E-state index contributed by atoms with van der Waals surface area (Å²) in [5, 5.41) is 14.7. The number of nitrogens with one attached hydrogen (secondary N) is 1. The smallest absolute Gasteiger partial charge is 0.348 e. The Bertz CT molecular complexity index is 998. The van der Waals surface area contributed by atoms with E-state index in [9.17, 15) is 14.9 Å². The van der Waals surface area contributed by atoms with Crippen molar-refractivity contribution in [3.63, 3.8) is 0 Å². The first-order valence-electron chi connectivity index (χ1n) is 7.87. The molecule has 0 saturated carbocycles. The number of carbonyl (C=O) groups excluding carboxylic acids is 1. The lowest BCUT2D eigenvalue weighted by Crippen LogP contribution is -2.04. The molecule has 8 nitrogen and oxygen atoms in total. The highest BCUT2D eigenvalue weighted by Crippen LogP contribution is 2.35. The number of thiophene rings is 1. The van der Waals surface area contributed by atoms with Crippen LogP contribution in [0.2, 0.25) is 0 Å². The number of hydrogen-bond donors (Lipinski definition) is 1. The van der Waals surface area contributed by atoms with Crippen LogP contribution in [0.3, 0.4) is 0 Å². The fourth-order valence-electron chi connectivity index (χ4n) is 2.53. The van der Waals surface area contributed by atoms with Gasteiger partial charge in [0.2, 0.25) is 0 Å². The molecular formula is C17H16N4O4S. The third kappa shape index (κ3) is 3.33. The van der Waals surface area contributed by atoms with Crippen LogP contribution in [0.4, 0.5) is 17.2 Å². The number of hydrogen-bond acceptors (Lipinski definition) is 8. The minimum atomic E-state index is -0.453. The van der Waals surface area contributed by atoms with Crippen molar-refractivity contribution in [2.75, 3.05) is 11.9 Å². The first-order valence-corrected chi connectivity index (χ1v) is 8.68. The van der Waals surface area contributed by atoms with E-state index in [0.29, 0.717) is 33.6 Å². The molecule has 0 aliphatic heterocycles. The second-order valence-corrected chi connectivity index (χ2v) is 6.50. The Hall–Kier alpha value is -3.07. The SMILES string of the molecule is CCOC(=O)c1sc2nc(C)nc(Nc3ccc([N+](=O)[O-])cc3)c2c1C. The van der Waals surface area contributed by atoms with Gasteiger partial charge in [0.1, 0.15) is 21.3 Å². The normalized spacial score (nSPS) is 10.7. The number of benzene rings is 1. The molecule has 26 heavy (non-hydrogen) atoms. The first kappa shape index (κ1) is 17.7. The number of nitro groups is 1. The molecule has 0 fully saturated rings. The number of fused-ring (bicyclic) bond motifs is 1. The molecule has 0 amide bonds. The number of aryl methyl sites for hydroxylation is 2. The van der Waals surface area contributed by atoms with Crippen LogP contribution in [0.5, 0.6) is 0 Å². The third-order valence-electron chi connectivity index (χ3n) is 3.70. The Morgan fingerprint density at radius 2 is 1.96 bits per heavy atom. The molecule has 0 unspecified atom stereocenters. The van der Waals surface area contributed by atoms with Gasteiger partial charge in [0.25, 0.3) is 5.69 Å². The number of non-ortho nitro benzene ring substituents is 1. The van der Waals surface area contributed by atoms with Crippen LogP contribution in [0, 0.1) is 24.0 Å². The Labute approximate surface area is 153 Å². The molecule has 0 spiro atoms. The van der Waals surface area contributed by atoms with Crippen LogP contribution >= 0.6 is 11.3 Å². The second kappa shape index (κ2) is 7.04. The van der Waals surface area contributed by atoms with Gasteiger partial charge in [0.05, 0.1) is 16.9 Å². The van der Waals surface area contributed by atoms with Crippen molar-refractivity contribution in [3.05, 3.63) is 50.6 Å². The van der Waals surface area contributed by atoms with E-state index in [2.05, 4.69) is 15.3 Å². The molecule has 3 aromatic rings. The number of aromatic nitrogens is 2. The Kier molecular flexibility index (Phi) is 4.81. The summed E-state index contributed by atoms with van der Waals surface area (Å²) in [6, 6.07) is 6.04. The number of nitrogens with zero attached hydrogens (tertiary/aromatic N) is 3. The highest BCUT2D eigenvalue weighted by Gasteiger charge is 2.21. The summed E-state index contributed by atoms with van der Waals surface area (Å²) in [6.07, 6.45) is 0. The van der Waals surface area contributed by atoms with Gasteiger partial charge in [-0.3, -0.25) is 10.1 Å². The molecule has 134 valence electrons. The van der Waals surface area contributed by atoms with E-state index < -0.39 is 4.92 Å². The molecule has 0 saturated heterocycles. The fourth-order valence-corrected chi connectivity index (χ4v) is 3.65. The highest BCUT2D eigenvalue weighted by molar-refractivity contribution is 7.20. The minimum Gasteiger partial charge on any atom is -0.462 e. The summed E-state index contributed by atoms with van der Waals surface area (Å²) < 4.78 is 5.10. The van der Waals surface area contributed by atoms with Gasteiger partial charge in [-0.15, -0.1) is 11.3 Å². The monoisotopic (exact) mass is 372 g/mol. The van der Waals surface area contributed by atoms with Crippen LogP contribution in [0.25, 0.3) is 10.2 Å². The van der Waals surface area contributed by atoms with Crippen molar-refractivity contribution in [3.8, 4) is 0 Å². The maximum Gasteiger partial charge on any atom is 0.348 e. The number of rotatable bonds is 5. The van der Waals surface area contributed by atoms with Gasteiger partial charge in [-0.05, 0) is 38.5 Å². The Morgan fingerprint density at radius 1 is 1.27 bits per heavy atom. The molecule has 1 N–H and O–H groups in total. The lowest BCUT2D eigenvalue weighted by molar-refractivity contribution is -0.384. The predicted octanol–water partition coefficient (Wildman–Crippen LogP) is 4.14. The predicted molar refractivity (Wildman–Crippen MR) is 99.2 cm³/mol. The summed E-state index contributed by atoms with van der Waals surface area (Å²) in [5.41, 5.74) is 1.40. The maximum atomic E-state index is 12.1. The van der Waals surface area contributed by atoms with Crippen LogP contribution < -0.4 is 5.32 Å². The Balaban J connectivity index is 2.04. The number of nitro benzene ring substituents is 1. The van der Waals surface area contributed by atoms with Gasteiger partial charge in [-0.1, -0.05) is 0 Å². The maximum absolute atomic E-state index is 12.1. The van der Waals surface area contributed by atoms with Crippen LogP contribution in [-0.2, 0) is 4.74 Å². The van der Waals surface area contributed by atoms with Crippen LogP contribution in [-0.4, -0.2) is 27.5 Å². The molecule has 2 heterocycles. The molecule has 0 aliphatic rings. The number of anilines is 2. The first-order chi connectivity index (χ1) is 12.4. The zero-order valence-electron chi connectivity index (χ0n) is 14.4. The van der Waals surface area contributed by atoms with E-state index >= 15 is 0 Å². The lowest BCUT2D eigenvalue weighted by atomic mass is 10.2. The van der Waals surface area contributed by atoms with Gasteiger partial charge in [0, 0.05) is 17.8 Å². The Morgan fingerprint density at radius 3 is 2.58 bits per heavy atom. The zero-order valence-corrected chi connectivity index (χ0v) is 15.2. The molecule has 0 bridgehead atoms. The average Bonchev–Trinajstić information content (AvgIpc) is 2.92. The molecule has 0 aliphatic carbocycles. The van der Waals surface area contributed by atoms with E-state index in [1.165, 1.54) is 23.5 Å². The van der Waals surface area contributed by atoms with E-state index in [1.807, 2.05) is 6.92 Å². The van der Waals surface area contributed by atoms with Crippen molar-refractivity contribution in [2.24, 2.45) is 0 Å². The highest BCUT2D eigenvalue weighted by atomic mass is 32.1. The molecule has 0 radical (unpaired) electrons. The average molecular weight is 372 g/mol. The van der Waals surface area contributed by atoms with Gasteiger partial charge in [-0.25, -0.2) is 14.8 Å². The lowest BCUT2D eigenvalue weighted by Gasteiger charge is -2.08. The second-order valence-electron chi connectivity index (χ2n) is 5.51. The van der Waals surface area contributed by atoms with E-state index in [4.69, 9.17) is 4.74 Å². The van der Waals surface area contributed by atoms with Gasteiger partial charge >= 0.3 is 5.97 Å². The molecule has 3 rings (SSSR count). The van der Waals surface area contributed by atoms with E-state index in [0.717, 1.165) is 10.9 Å². The topological polar surface area (TPSA) is 107 Å². The summed E-state index contributed by atoms with van der Waals surface area (Å²) in [6.45, 7) is 5.64. The fraction of sp³-hybridized carbons (Fsp3) is 0.235. The van der Waals surface area contributed by atoms with Crippen molar-refractivity contribution >= 4 is 44.7 Å². The zero-order chi connectivity index (χ0) is 18.8. The summed E-state index contributed by atoms with van der Waals surface area (Å²) in [7, 11) is 0. The van der Waals surface area contributed by atoms with Gasteiger partial charge < -0.3 is 10.1 Å². The van der Waals surface area contributed by atoms with Gasteiger partial charge in [-0.2, -0.15) is 0 Å². The van der Waals surface area contributed by atoms with Gasteiger partial charge in [0.15, 0.2) is 0 Å². The summed E-state index contributed by atoms with van der Waals surface area (Å²) in [5.74, 6) is 0.719. The van der Waals surface area contributed by atoms with E-state index in [-0.39, 0.29) is 11.7 Å². The van der Waals surface area contributed by atoms with Crippen LogP contribution in [0.15, 0.2) is 24.3 Å². The van der Waals surface area contributed by atoms with Crippen LogP contribution in [0.1, 0.15) is 28.0 Å². The molecule has 2 aromatic heterocycles. The molecule has 1 aromatic carbocycles. The number of esters is 1. The van der Waals surface area contributed by atoms with E-state index in [1.54, 1.807) is 26.0 Å². The summed E-state index contributed by atoms with van der Waals surface area (Å²) >= 11 is 1.26. The molecule has 9 heteroatoms. The van der Waals surface area contributed by atoms with Crippen molar-refractivity contribution in [1.29, 1.82) is 0 Å². The van der Waals surface area contributed by atoms with Crippen molar-refractivity contribution in [2.45, 2.75) is 20.8 Å². The summed E-state index contributed by atoms with van der Waals surface area (Å²) in [4.78, 5) is 32.5. The van der Waals surface area contributed by atoms with Crippen molar-refractivity contribution in [1.82, 2.24) is 9.97 Å². The standard InChI is InChI=1S/C17H16N4O4S/c1-4-25-17(22)14-9(2)13-15(18-10(3)19-16(13)26-14)20-11-5-7-12(8-6-11)21(23)24/h5-8H,4H2,1-3H3,(H,18,19,20). The third-order valence-corrected chi connectivity index (χ3v) is 4.87. The molecular weight excluding hydrogens is 356 g/mol. The minimum absolute atomic E-state index is 0.0101. The van der Waals surface area contributed by atoms with Crippen molar-refractivity contribution < 1.29 is 14.5 Å². The molecule has 0 atom stereocenters. The number of ether oxygens (including phenoxy) is 1. The quantitative estimate of drug-likeness (QED) is 0.407. The number of carbonyl (C=O) groups is 1.